The minimum absolute atomic E-state index is 0.564. The molecular formula is C18H26F3N3S. The fourth-order valence-electron chi connectivity index (χ4n) is 3.44. The van der Waals surface area contributed by atoms with Crippen molar-refractivity contribution in [1.29, 1.82) is 0 Å². The van der Waals surface area contributed by atoms with Crippen LogP contribution in [0.15, 0.2) is 24.3 Å². The van der Waals surface area contributed by atoms with Gasteiger partial charge in [0.2, 0.25) is 0 Å². The summed E-state index contributed by atoms with van der Waals surface area (Å²) in [7, 11) is 0. The predicted molar refractivity (Wildman–Crippen MR) is 98.2 cm³/mol. The normalized spacial score (nSPS) is 22.5. The molecule has 1 aromatic rings. The highest BCUT2D eigenvalue weighted by Crippen LogP contribution is 2.31. The fraction of sp³-hybridized carbons (Fsp3) is 0.667. The smallest absolute Gasteiger partial charge is 0.369 e. The lowest BCUT2D eigenvalue weighted by Gasteiger charge is -2.36. The van der Waals surface area contributed by atoms with Crippen LogP contribution in [0, 0.1) is 0 Å². The third kappa shape index (κ3) is 5.53. The van der Waals surface area contributed by atoms with Crippen LogP contribution in [0.4, 0.5) is 18.9 Å². The van der Waals surface area contributed by atoms with E-state index in [1.807, 2.05) is 11.8 Å². The largest absolute Gasteiger partial charge is 0.416 e. The second kappa shape index (κ2) is 8.64. The summed E-state index contributed by atoms with van der Waals surface area (Å²) < 4.78 is 38.5. The summed E-state index contributed by atoms with van der Waals surface area (Å²) >= 11 is 2.02. The van der Waals surface area contributed by atoms with Gasteiger partial charge in [0.05, 0.1) is 10.9 Å². The van der Waals surface area contributed by atoms with E-state index in [4.69, 9.17) is 0 Å². The minimum Gasteiger partial charge on any atom is -0.369 e. The highest BCUT2D eigenvalue weighted by molar-refractivity contribution is 8.00. The van der Waals surface area contributed by atoms with E-state index < -0.39 is 11.7 Å². The molecule has 1 aromatic carbocycles. The maximum Gasteiger partial charge on any atom is 0.416 e. The number of benzene rings is 1. The monoisotopic (exact) mass is 373 g/mol. The Balaban J connectivity index is 1.39. The number of nitrogens with one attached hydrogen (secondary N) is 1. The molecule has 0 bridgehead atoms. The van der Waals surface area contributed by atoms with E-state index in [0.717, 1.165) is 45.3 Å². The van der Waals surface area contributed by atoms with E-state index in [-0.39, 0.29) is 0 Å². The van der Waals surface area contributed by atoms with Crippen LogP contribution < -0.4 is 10.2 Å². The van der Waals surface area contributed by atoms with E-state index in [2.05, 4.69) is 15.1 Å². The molecule has 0 radical (unpaired) electrons. The number of hydrogen-bond acceptors (Lipinski definition) is 4. The van der Waals surface area contributed by atoms with Crippen molar-refractivity contribution < 1.29 is 13.2 Å². The van der Waals surface area contributed by atoms with E-state index >= 15 is 0 Å². The molecule has 0 aromatic heterocycles. The number of anilines is 1. The van der Waals surface area contributed by atoms with Crippen molar-refractivity contribution in [1.82, 2.24) is 10.2 Å². The van der Waals surface area contributed by atoms with Crippen LogP contribution in [0.2, 0.25) is 0 Å². The molecule has 3 rings (SSSR count). The van der Waals surface area contributed by atoms with Crippen molar-refractivity contribution in [2.45, 2.75) is 30.8 Å². The molecular weight excluding hydrogens is 347 g/mol. The quantitative estimate of drug-likeness (QED) is 0.767. The van der Waals surface area contributed by atoms with Gasteiger partial charge in [-0.15, -0.1) is 11.8 Å². The summed E-state index contributed by atoms with van der Waals surface area (Å²) in [5.74, 6) is 1.22. The standard InChI is InChI=1S/C18H26F3N3S/c19-18(20,21)15-4-3-5-16(14-15)24-11-9-23(10-12-24)8-2-1-6-17-22-7-13-25-17/h3-5,14,17,22H,1-2,6-13H2. The molecule has 2 fully saturated rings. The lowest BCUT2D eigenvalue weighted by atomic mass is 10.1. The zero-order valence-corrected chi connectivity index (χ0v) is 15.2. The van der Waals surface area contributed by atoms with Crippen molar-refractivity contribution in [3.05, 3.63) is 29.8 Å². The van der Waals surface area contributed by atoms with Crippen LogP contribution in [-0.4, -0.2) is 55.3 Å². The Kier molecular flexibility index (Phi) is 6.52. The second-order valence-electron chi connectivity index (χ2n) is 6.69. The van der Waals surface area contributed by atoms with Crippen molar-refractivity contribution in [2.75, 3.05) is 49.9 Å². The average molecular weight is 373 g/mol. The summed E-state index contributed by atoms with van der Waals surface area (Å²) in [5, 5.41) is 4.13. The molecule has 0 spiro atoms. The Morgan fingerprint density at radius 2 is 1.92 bits per heavy atom. The van der Waals surface area contributed by atoms with Gasteiger partial charge < -0.3 is 10.2 Å². The maximum atomic E-state index is 12.8. The van der Waals surface area contributed by atoms with Crippen molar-refractivity contribution >= 4 is 17.4 Å². The number of halogens is 3. The Bertz CT molecular complexity index is 539. The highest BCUT2D eigenvalue weighted by Gasteiger charge is 2.31. The predicted octanol–water partition coefficient (Wildman–Crippen LogP) is 3.66. The van der Waals surface area contributed by atoms with E-state index in [1.165, 1.54) is 37.1 Å². The van der Waals surface area contributed by atoms with Gasteiger partial charge in [-0.2, -0.15) is 13.2 Å². The van der Waals surface area contributed by atoms with Gasteiger partial charge in [-0.05, 0) is 44.0 Å². The molecule has 1 atom stereocenters. The van der Waals surface area contributed by atoms with E-state index in [9.17, 15) is 13.2 Å². The molecule has 2 heterocycles. The molecule has 0 saturated carbocycles. The molecule has 0 aliphatic carbocycles. The Hall–Kier alpha value is -0.920. The number of nitrogens with zero attached hydrogens (tertiary/aromatic N) is 2. The topological polar surface area (TPSA) is 18.5 Å². The first-order chi connectivity index (χ1) is 12.0. The molecule has 2 saturated heterocycles. The molecule has 25 heavy (non-hydrogen) atoms. The Labute approximate surface area is 151 Å². The molecule has 7 heteroatoms. The van der Waals surface area contributed by atoms with Gasteiger partial charge in [-0.1, -0.05) is 6.07 Å². The minimum atomic E-state index is -4.27. The summed E-state index contributed by atoms with van der Waals surface area (Å²) in [6.07, 6.45) is -0.611. The lowest BCUT2D eigenvalue weighted by Crippen LogP contribution is -2.46. The first kappa shape index (κ1) is 18.9. The summed E-state index contributed by atoms with van der Waals surface area (Å²) in [6.45, 7) is 5.66. The van der Waals surface area contributed by atoms with Crippen molar-refractivity contribution in [3.8, 4) is 0 Å². The fourth-order valence-corrected chi connectivity index (χ4v) is 4.53. The highest BCUT2D eigenvalue weighted by atomic mass is 32.2. The lowest BCUT2D eigenvalue weighted by molar-refractivity contribution is -0.137. The molecule has 1 unspecified atom stereocenters. The molecule has 1 N–H and O–H groups in total. The summed E-state index contributed by atoms with van der Waals surface area (Å²) in [6, 6.07) is 5.68. The molecule has 140 valence electrons. The Morgan fingerprint density at radius 1 is 1.12 bits per heavy atom. The molecule has 2 aliphatic heterocycles. The molecule has 3 nitrogen and oxygen atoms in total. The summed E-state index contributed by atoms with van der Waals surface area (Å²) in [5.41, 5.74) is 0.115. The SMILES string of the molecule is FC(F)(F)c1cccc(N2CCN(CCCCC3NCCS3)CC2)c1. The van der Waals surface area contributed by atoms with Gasteiger partial charge >= 0.3 is 6.18 Å². The van der Waals surface area contributed by atoms with Gasteiger partial charge in [-0.3, -0.25) is 4.90 Å². The van der Waals surface area contributed by atoms with Crippen LogP contribution in [0.5, 0.6) is 0 Å². The number of hydrogen-bond donors (Lipinski definition) is 1. The third-order valence-corrected chi connectivity index (χ3v) is 6.14. The van der Waals surface area contributed by atoms with Gasteiger partial charge in [0.1, 0.15) is 0 Å². The van der Waals surface area contributed by atoms with Gasteiger partial charge in [0, 0.05) is 44.2 Å². The van der Waals surface area contributed by atoms with Crippen LogP contribution >= 0.6 is 11.8 Å². The maximum absolute atomic E-state index is 12.8. The van der Waals surface area contributed by atoms with Gasteiger partial charge in [-0.25, -0.2) is 0 Å². The van der Waals surface area contributed by atoms with Crippen LogP contribution in [0.1, 0.15) is 24.8 Å². The van der Waals surface area contributed by atoms with Gasteiger partial charge in [0.15, 0.2) is 0 Å². The van der Waals surface area contributed by atoms with Crippen molar-refractivity contribution in [2.24, 2.45) is 0 Å². The number of unbranched alkanes of at least 4 members (excludes halogenated alkanes) is 1. The Morgan fingerprint density at radius 3 is 2.60 bits per heavy atom. The average Bonchev–Trinajstić information content (AvgIpc) is 3.12. The third-order valence-electron chi connectivity index (χ3n) is 4.89. The van der Waals surface area contributed by atoms with Crippen molar-refractivity contribution in [3.63, 3.8) is 0 Å². The first-order valence-electron chi connectivity index (χ1n) is 9.02. The number of rotatable bonds is 6. The summed E-state index contributed by atoms with van der Waals surface area (Å²) in [4.78, 5) is 4.49. The molecule has 0 amide bonds. The zero-order valence-electron chi connectivity index (χ0n) is 14.4. The number of alkyl halides is 3. The first-order valence-corrected chi connectivity index (χ1v) is 10.1. The van der Waals surface area contributed by atoms with Crippen LogP contribution in [0.25, 0.3) is 0 Å². The second-order valence-corrected chi connectivity index (χ2v) is 8.00. The van der Waals surface area contributed by atoms with Gasteiger partial charge in [0.25, 0.3) is 0 Å². The number of thioether (sulfide) groups is 1. The van der Waals surface area contributed by atoms with E-state index in [1.54, 1.807) is 6.07 Å². The zero-order chi connectivity index (χ0) is 17.7. The van der Waals surface area contributed by atoms with Crippen LogP contribution in [0.3, 0.4) is 0 Å². The van der Waals surface area contributed by atoms with Crippen LogP contribution in [-0.2, 0) is 6.18 Å². The molecule has 2 aliphatic rings. The number of piperazine rings is 1. The van der Waals surface area contributed by atoms with E-state index in [0.29, 0.717) is 11.1 Å².